The molecule has 2 aromatic rings. The van der Waals surface area contributed by atoms with E-state index in [2.05, 4.69) is 34.6 Å². The van der Waals surface area contributed by atoms with E-state index < -0.39 is 9.84 Å². The summed E-state index contributed by atoms with van der Waals surface area (Å²) >= 11 is 0. The Morgan fingerprint density at radius 2 is 2.00 bits per heavy atom. The minimum atomic E-state index is -3.04. The number of hydrogen-bond donors (Lipinski definition) is 1. The molecule has 6 nitrogen and oxygen atoms in total. The molecule has 3 rings (SSSR count). The quantitative estimate of drug-likeness (QED) is 0.824. The Kier molecular flexibility index (Phi) is 5.79. The maximum atomic E-state index is 12.9. The molecule has 1 saturated heterocycles. The van der Waals surface area contributed by atoms with Crippen molar-refractivity contribution < 1.29 is 13.2 Å². The van der Waals surface area contributed by atoms with Crippen molar-refractivity contribution in [2.24, 2.45) is 0 Å². The first-order valence-electron chi connectivity index (χ1n) is 9.15. The van der Waals surface area contributed by atoms with Gasteiger partial charge in [0.1, 0.15) is 5.69 Å². The first-order chi connectivity index (χ1) is 12.9. The molecule has 1 aliphatic rings. The molecular weight excluding hydrogens is 362 g/mol. The van der Waals surface area contributed by atoms with Crippen molar-refractivity contribution in [3.63, 3.8) is 0 Å². The number of amides is 1. The minimum Gasteiger partial charge on any atom is -0.381 e. The van der Waals surface area contributed by atoms with Gasteiger partial charge < -0.3 is 10.2 Å². The molecule has 2 heterocycles. The standard InChI is InChI=1S/C20H25N3O3S/c1-3-23(18-9-11-27(25,26)14-18)20(24)19-12-17(8-10-21-19)22-13-16-6-4-15(2)5-7-16/h4-8,10,12,18H,3,9,11,13-14H2,1-2H3,(H,21,22). The third-order valence-corrected chi connectivity index (χ3v) is 6.60. The summed E-state index contributed by atoms with van der Waals surface area (Å²) in [5.41, 5.74) is 3.50. The minimum absolute atomic E-state index is 0.0396. The molecule has 1 fully saturated rings. The number of nitrogens with zero attached hydrogens (tertiary/aromatic N) is 2. The first-order valence-corrected chi connectivity index (χ1v) is 11.0. The summed E-state index contributed by atoms with van der Waals surface area (Å²) in [6, 6.07) is 11.5. The summed E-state index contributed by atoms with van der Waals surface area (Å²) < 4.78 is 23.5. The molecule has 0 aliphatic carbocycles. The zero-order valence-corrected chi connectivity index (χ0v) is 16.5. The largest absolute Gasteiger partial charge is 0.381 e. The van der Waals surface area contributed by atoms with E-state index >= 15 is 0 Å². The van der Waals surface area contributed by atoms with Crippen LogP contribution in [0.2, 0.25) is 0 Å². The van der Waals surface area contributed by atoms with Crippen molar-refractivity contribution in [3.8, 4) is 0 Å². The van der Waals surface area contributed by atoms with Crippen molar-refractivity contribution in [1.82, 2.24) is 9.88 Å². The molecule has 0 spiro atoms. The van der Waals surface area contributed by atoms with Crippen LogP contribution in [0.4, 0.5) is 5.69 Å². The zero-order chi connectivity index (χ0) is 19.4. The van der Waals surface area contributed by atoms with Crippen LogP contribution < -0.4 is 5.32 Å². The van der Waals surface area contributed by atoms with Crippen LogP contribution in [0.5, 0.6) is 0 Å². The second-order valence-corrected chi connectivity index (χ2v) is 9.15. The smallest absolute Gasteiger partial charge is 0.272 e. The van der Waals surface area contributed by atoms with Crippen LogP contribution in [0.3, 0.4) is 0 Å². The summed E-state index contributed by atoms with van der Waals surface area (Å²) in [7, 11) is -3.04. The van der Waals surface area contributed by atoms with Gasteiger partial charge in [-0.15, -0.1) is 0 Å². The lowest BCUT2D eigenvalue weighted by atomic mass is 10.1. The molecule has 1 atom stereocenters. The number of sulfone groups is 1. The van der Waals surface area contributed by atoms with E-state index in [1.807, 2.05) is 19.9 Å². The number of rotatable bonds is 6. The van der Waals surface area contributed by atoms with Crippen molar-refractivity contribution in [2.45, 2.75) is 32.9 Å². The molecular formula is C20H25N3O3S. The molecule has 27 heavy (non-hydrogen) atoms. The van der Waals surface area contributed by atoms with E-state index in [0.717, 1.165) is 11.3 Å². The molecule has 0 bridgehead atoms. The van der Waals surface area contributed by atoms with E-state index in [0.29, 0.717) is 25.2 Å². The van der Waals surface area contributed by atoms with Crippen molar-refractivity contribution in [3.05, 3.63) is 59.4 Å². The van der Waals surface area contributed by atoms with E-state index in [-0.39, 0.29) is 23.5 Å². The summed E-state index contributed by atoms with van der Waals surface area (Å²) in [4.78, 5) is 18.7. The number of pyridine rings is 1. The molecule has 0 saturated carbocycles. The highest BCUT2D eigenvalue weighted by Gasteiger charge is 2.34. The van der Waals surface area contributed by atoms with Gasteiger partial charge in [0, 0.05) is 31.0 Å². The van der Waals surface area contributed by atoms with E-state index in [1.165, 1.54) is 5.56 Å². The summed E-state index contributed by atoms with van der Waals surface area (Å²) in [6.45, 7) is 5.02. The Balaban J connectivity index is 1.70. The summed E-state index contributed by atoms with van der Waals surface area (Å²) in [6.07, 6.45) is 2.09. The van der Waals surface area contributed by atoms with Gasteiger partial charge in [0.05, 0.1) is 11.5 Å². The van der Waals surface area contributed by atoms with Crippen LogP contribution in [0.15, 0.2) is 42.6 Å². The third kappa shape index (κ3) is 4.86. The number of hydrogen-bond acceptors (Lipinski definition) is 5. The maximum Gasteiger partial charge on any atom is 0.272 e. The van der Waals surface area contributed by atoms with E-state index in [9.17, 15) is 13.2 Å². The lowest BCUT2D eigenvalue weighted by Gasteiger charge is -2.26. The Hall–Kier alpha value is -2.41. The number of nitrogens with one attached hydrogen (secondary N) is 1. The van der Waals surface area contributed by atoms with Gasteiger partial charge >= 0.3 is 0 Å². The Labute approximate surface area is 160 Å². The topological polar surface area (TPSA) is 79.4 Å². The highest BCUT2D eigenvalue weighted by Crippen LogP contribution is 2.20. The molecule has 1 N–H and O–H groups in total. The lowest BCUT2D eigenvalue weighted by Crippen LogP contribution is -2.41. The van der Waals surface area contributed by atoms with E-state index in [4.69, 9.17) is 0 Å². The molecule has 1 aromatic heterocycles. The Bertz CT molecular complexity index is 910. The van der Waals surface area contributed by atoms with Crippen LogP contribution in [-0.2, 0) is 16.4 Å². The van der Waals surface area contributed by atoms with Gasteiger partial charge in [-0.2, -0.15) is 0 Å². The Morgan fingerprint density at radius 1 is 1.26 bits per heavy atom. The van der Waals surface area contributed by atoms with Gasteiger partial charge in [-0.3, -0.25) is 9.78 Å². The SMILES string of the molecule is CCN(C(=O)c1cc(NCc2ccc(C)cc2)ccn1)C1CCS(=O)(=O)C1. The summed E-state index contributed by atoms with van der Waals surface area (Å²) in [5, 5.41) is 3.31. The fraction of sp³-hybridized carbons (Fsp3) is 0.400. The Morgan fingerprint density at radius 3 is 2.63 bits per heavy atom. The second-order valence-electron chi connectivity index (χ2n) is 6.92. The van der Waals surface area contributed by atoms with Gasteiger partial charge in [0.25, 0.3) is 5.91 Å². The average molecular weight is 388 g/mol. The lowest BCUT2D eigenvalue weighted by molar-refractivity contribution is 0.0702. The molecule has 1 aromatic carbocycles. The van der Waals surface area contributed by atoms with Gasteiger partial charge in [-0.1, -0.05) is 29.8 Å². The van der Waals surface area contributed by atoms with Crippen molar-refractivity contribution >= 4 is 21.4 Å². The number of aromatic nitrogens is 1. The number of aryl methyl sites for hydroxylation is 1. The van der Waals surface area contributed by atoms with Crippen LogP contribution in [-0.4, -0.2) is 48.3 Å². The number of carbonyl (C=O) groups is 1. The van der Waals surface area contributed by atoms with Crippen LogP contribution in [0, 0.1) is 6.92 Å². The molecule has 144 valence electrons. The molecule has 1 unspecified atom stereocenters. The van der Waals surface area contributed by atoms with Crippen LogP contribution in [0.1, 0.15) is 35.0 Å². The number of benzene rings is 1. The average Bonchev–Trinajstić information content (AvgIpc) is 3.01. The predicted molar refractivity (Wildman–Crippen MR) is 107 cm³/mol. The molecule has 7 heteroatoms. The van der Waals surface area contributed by atoms with Gasteiger partial charge in [-0.25, -0.2) is 8.42 Å². The maximum absolute atomic E-state index is 12.9. The molecule has 1 amide bonds. The highest BCUT2D eigenvalue weighted by atomic mass is 32.2. The highest BCUT2D eigenvalue weighted by molar-refractivity contribution is 7.91. The number of anilines is 1. The van der Waals surface area contributed by atoms with Gasteiger partial charge in [0.15, 0.2) is 9.84 Å². The fourth-order valence-electron chi connectivity index (χ4n) is 3.30. The number of carbonyl (C=O) groups excluding carboxylic acids is 1. The fourth-order valence-corrected chi connectivity index (χ4v) is 5.03. The monoisotopic (exact) mass is 387 g/mol. The predicted octanol–water partition coefficient (Wildman–Crippen LogP) is 2.65. The second kappa shape index (κ2) is 8.08. The normalized spacial score (nSPS) is 18.2. The zero-order valence-electron chi connectivity index (χ0n) is 15.7. The van der Waals surface area contributed by atoms with E-state index in [1.54, 1.807) is 17.2 Å². The molecule has 1 aliphatic heterocycles. The third-order valence-electron chi connectivity index (χ3n) is 4.85. The van der Waals surface area contributed by atoms with Gasteiger partial charge in [-0.05, 0) is 38.0 Å². The summed E-state index contributed by atoms with van der Waals surface area (Å²) in [5.74, 6) is -0.0381. The first kappa shape index (κ1) is 19.4. The van der Waals surface area contributed by atoms with Gasteiger partial charge in [0.2, 0.25) is 0 Å². The van der Waals surface area contributed by atoms with Crippen LogP contribution >= 0.6 is 0 Å². The van der Waals surface area contributed by atoms with Crippen molar-refractivity contribution in [1.29, 1.82) is 0 Å². The molecule has 0 radical (unpaired) electrons. The van der Waals surface area contributed by atoms with Crippen LogP contribution in [0.25, 0.3) is 0 Å². The van der Waals surface area contributed by atoms with Crippen molar-refractivity contribution in [2.75, 3.05) is 23.4 Å².